The van der Waals surface area contributed by atoms with Crippen molar-refractivity contribution in [3.63, 3.8) is 0 Å². The molecule has 1 saturated heterocycles. The van der Waals surface area contributed by atoms with Crippen molar-refractivity contribution in [3.05, 3.63) is 75.3 Å². The quantitative estimate of drug-likeness (QED) is 0.608. The molecule has 0 saturated carbocycles. The lowest BCUT2D eigenvalue weighted by Crippen LogP contribution is -2.45. The second-order valence-electron chi connectivity index (χ2n) is 9.26. The molecule has 0 spiro atoms. The minimum absolute atomic E-state index is 0.0348. The molecule has 5 rings (SSSR count). The van der Waals surface area contributed by atoms with Crippen LogP contribution < -0.4 is 10.9 Å². The zero-order chi connectivity index (χ0) is 23.5. The number of fused-ring (bicyclic) bond motifs is 2. The molecule has 0 unspecified atom stereocenters. The predicted molar refractivity (Wildman–Crippen MR) is 132 cm³/mol. The fourth-order valence-electron chi connectivity index (χ4n) is 5.18. The van der Waals surface area contributed by atoms with Crippen molar-refractivity contribution < 1.29 is 9.53 Å². The van der Waals surface area contributed by atoms with Gasteiger partial charge in [0.25, 0.3) is 5.56 Å². The normalized spacial score (nSPS) is 16.1. The summed E-state index contributed by atoms with van der Waals surface area (Å²) in [5.41, 5.74) is 5.44. The van der Waals surface area contributed by atoms with Crippen molar-refractivity contribution >= 4 is 17.0 Å². The van der Waals surface area contributed by atoms with Gasteiger partial charge in [0.2, 0.25) is 0 Å². The smallest absolute Gasteiger partial charge is 0.409 e. The van der Waals surface area contributed by atoms with Crippen molar-refractivity contribution in [3.8, 4) is 0 Å². The Labute approximate surface area is 199 Å². The third-order valence-corrected chi connectivity index (χ3v) is 7.03. The number of piperidine rings is 1. The van der Waals surface area contributed by atoms with Gasteiger partial charge in [0.15, 0.2) is 0 Å². The molecule has 2 aliphatic rings. The Hall–Kier alpha value is -3.19. The second kappa shape index (κ2) is 9.97. The molecule has 1 amide bonds. The molecule has 2 aromatic heterocycles. The van der Waals surface area contributed by atoms with Gasteiger partial charge in [-0.05, 0) is 85.9 Å². The number of aryl methyl sites for hydroxylation is 2. The first-order valence-electron chi connectivity index (χ1n) is 12.4. The highest BCUT2D eigenvalue weighted by Gasteiger charge is 2.24. The van der Waals surface area contributed by atoms with E-state index in [-0.39, 0.29) is 17.7 Å². The Morgan fingerprint density at radius 1 is 1.15 bits per heavy atom. The number of ether oxygens (including phenoxy) is 1. The third kappa shape index (κ3) is 4.71. The molecular formula is C27H32N4O3. The summed E-state index contributed by atoms with van der Waals surface area (Å²) >= 11 is 0. The standard InChI is InChI=1S/C27H32N4O3/c1-2-34-27(33)30-12-9-23(10-13-30)29-17-22-15-21-14-19-6-5-7-20(19)16-25(21)31(26(22)32)18-24-8-3-4-11-28-24/h3-4,8,11,14-16,23,29H,2,5-7,9-10,12-13,17-18H2,1H3. The van der Waals surface area contributed by atoms with Crippen molar-refractivity contribution in [2.24, 2.45) is 0 Å². The number of carbonyl (C=O) groups is 1. The molecule has 0 atom stereocenters. The fraction of sp³-hybridized carbons (Fsp3) is 0.444. The van der Waals surface area contributed by atoms with Gasteiger partial charge >= 0.3 is 6.09 Å². The van der Waals surface area contributed by atoms with Crippen LogP contribution in [0.1, 0.15) is 48.6 Å². The number of nitrogens with one attached hydrogen (secondary N) is 1. The van der Waals surface area contributed by atoms with Gasteiger partial charge in [0.05, 0.1) is 24.4 Å². The van der Waals surface area contributed by atoms with Crippen LogP contribution in [-0.4, -0.2) is 46.3 Å². The lowest BCUT2D eigenvalue weighted by atomic mass is 10.0. The molecule has 3 heterocycles. The van der Waals surface area contributed by atoms with Crippen molar-refractivity contribution in [1.82, 2.24) is 19.8 Å². The summed E-state index contributed by atoms with van der Waals surface area (Å²) in [4.78, 5) is 31.8. The van der Waals surface area contributed by atoms with Gasteiger partial charge < -0.3 is 19.5 Å². The predicted octanol–water partition coefficient (Wildman–Crippen LogP) is 3.64. The van der Waals surface area contributed by atoms with Crippen LogP contribution in [0.4, 0.5) is 4.79 Å². The average Bonchev–Trinajstić information content (AvgIpc) is 3.32. The Morgan fingerprint density at radius 2 is 1.94 bits per heavy atom. The van der Waals surface area contributed by atoms with Crippen LogP contribution in [0.5, 0.6) is 0 Å². The minimum Gasteiger partial charge on any atom is -0.450 e. The topological polar surface area (TPSA) is 76.5 Å². The first kappa shape index (κ1) is 22.6. The van der Waals surface area contributed by atoms with E-state index in [0.29, 0.717) is 32.8 Å². The van der Waals surface area contributed by atoms with Gasteiger partial charge in [0.1, 0.15) is 0 Å². The Morgan fingerprint density at radius 3 is 2.68 bits per heavy atom. The number of likely N-dealkylation sites (tertiary alicyclic amines) is 1. The molecule has 1 N–H and O–H groups in total. The average molecular weight is 461 g/mol. The minimum atomic E-state index is -0.236. The SMILES string of the molecule is CCOC(=O)N1CCC(NCc2cc3cc4c(cc3n(Cc3ccccn3)c2=O)CCC4)CC1. The van der Waals surface area contributed by atoms with E-state index in [4.69, 9.17) is 4.74 Å². The van der Waals surface area contributed by atoms with Crippen molar-refractivity contribution in [2.45, 2.75) is 58.2 Å². The largest absolute Gasteiger partial charge is 0.450 e. The van der Waals surface area contributed by atoms with E-state index in [1.165, 1.54) is 17.5 Å². The molecule has 1 fully saturated rings. The number of nitrogens with zero attached hydrogens (tertiary/aromatic N) is 3. The maximum Gasteiger partial charge on any atom is 0.409 e. The van der Waals surface area contributed by atoms with Crippen LogP contribution in [0.2, 0.25) is 0 Å². The van der Waals surface area contributed by atoms with E-state index in [0.717, 1.165) is 47.8 Å². The summed E-state index contributed by atoms with van der Waals surface area (Å²) < 4.78 is 7.00. The van der Waals surface area contributed by atoms with E-state index >= 15 is 0 Å². The van der Waals surface area contributed by atoms with E-state index < -0.39 is 0 Å². The van der Waals surface area contributed by atoms with Crippen molar-refractivity contribution in [2.75, 3.05) is 19.7 Å². The van der Waals surface area contributed by atoms with Gasteiger partial charge in [0, 0.05) is 37.4 Å². The molecule has 1 aliphatic carbocycles. The number of carbonyl (C=O) groups excluding carboxylic acids is 1. The lowest BCUT2D eigenvalue weighted by molar-refractivity contribution is 0.0950. The van der Waals surface area contributed by atoms with Gasteiger partial charge in [-0.3, -0.25) is 9.78 Å². The summed E-state index contributed by atoms with van der Waals surface area (Å²) in [5, 5.41) is 4.69. The highest BCUT2D eigenvalue weighted by Crippen LogP contribution is 2.27. The van der Waals surface area contributed by atoms with Gasteiger partial charge in [-0.2, -0.15) is 0 Å². The number of pyridine rings is 2. The van der Waals surface area contributed by atoms with E-state index in [1.54, 1.807) is 11.1 Å². The summed E-state index contributed by atoms with van der Waals surface area (Å²) in [6.45, 7) is 4.53. The van der Waals surface area contributed by atoms with Crippen LogP contribution >= 0.6 is 0 Å². The Balaban J connectivity index is 1.38. The first-order chi connectivity index (χ1) is 16.6. The number of rotatable bonds is 6. The molecule has 178 valence electrons. The first-order valence-corrected chi connectivity index (χ1v) is 12.4. The van der Waals surface area contributed by atoms with E-state index in [9.17, 15) is 9.59 Å². The monoisotopic (exact) mass is 460 g/mol. The molecule has 7 heteroatoms. The van der Waals surface area contributed by atoms with Crippen LogP contribution in [0.3, 0.4) is 0 Å². The summed E-state index contributed by atoms with van der Waals surface area (Å²) in [6, 6.07) is 12.6. The zero-order valence-corrected chi connectivity index (χ0v) is 19.8. The summed E-state index contributed by atoms with van der Waals surface area (Å²) in [6.07, 6.45) is 6.60. The van der Waals surface area contributed by atoms with Crippen LogP contribution in [0.15, 0.2) is 47.4 Å². The Bertz CT molecular complexity index is 1230. The van der Waals surface area contributed by atoms with E-state index in [1.807, 2.05) is 29.7 Å². The molecule has 0 bridgehead atoms. The summed E-state index contributed by atoms with van der Waals surface area (Å²) in [7, 11) is 0. The molecule has 1 aromatic carbocycles. The molecule has 7 nitrogen and oxygen atoms in total. The summed E-state index contributed by atoms with van der Waals surface area (Å²) in [5.74, 6) is 0. The number of aromatic nitrogens is 2. The highest BCUT2D eigenvalue weighted by atomic mass is 16.6. The van der Waals surface area contributed by atoms with Gasteiger partial charge in [-0.1, -0.05) is 6.07 Å². The molecular weight excluding hydrogens is 428 g/mol. The number of amides is 1. The molecule has 1 aliphatic heterocycles. The molecule has 0 radical (unpaired) electrons. The van der Waals surface area contributed by atoms with E-state index in [2.05, 4.69) is 28.5 Å². The Kier molecular flexibility index (Phi) is 6.63. The van der Waals surface area contributed by atoms with Crippen LogP contribution in [0.25, 0.3) is 10.9 Å². The third-order valence-electron chi connectivity index (χ3n) is 7.03. The lowest BCUT2D eigenvalue weighted by Gasteiger charge is -2.31. The van der Waals surface area contributed by atoms with Gasteiger partial charge in [-0.15, -0.1) is 0 Å². The highest BCUT2D eigenvalue weighted by molar-refractivity contribution is 5.82. The van der Waals surface area contributed by atoms with Crippen molar-refractivity contribution in [1.29, 1.82) is 0 Å². The van der Waals surface area contributed by atoms with Crippen LogP contribution in [-0.2, 0) is 30.7 Å². The number of hydrogen-bond donors (Lipinski definition) is 1. The number of hydrogen-bond acceptors (Lipinski definition) is 5. The fourth-order valence-corrected chi connectivity index (χ4v) is 5.18. The zero-order valence-electron chi connectivity index (χ0n) is 19.8. The molecule has 34 heavy (non-hydrogen) atoms. The van der Waals surface area contributed by atoms with Gasteiger partial charge in [-0.25, -0.2) is 4.79 Å². The number of benzene rings is 1. The maximum absolute atomic E-state index is 13.6. The van der Waals surface area contributed by atoms with Crippen LogP contribution in [0, 0.1) is 0 Å². The second-order valence-corrected chi connectivity index (χ2v) is 9.26. The maximum atomic E-state index is 13.6. The molecule has 3 aromatic rings.